The lowest BCUT2D eigenvalue weighted by Crippen LogP contribution is -2.23. The second-order valence-electron chi connectivity index (χ2n) is 5.79. The van der Waals surface area contributed by atoms with Gasteiger partial charge in [0.25, 0.3) is 0 Å². The highest BCUT2D eigenvalue weighted by Gasteiger charge is 2.20. The Morgan fingerprint density at radius 1 is 1.26 bits per heavy atom. The average molecular weight is 409 g/mol. The van der Waals surface area contributed by atoms with Crippen molar-refractivity contribution in [3.05, 3.63) is 64.9 Å². The molecule has 0 saturated heterocycles. The summed E-state index contributed by atoms with van der Waals surface area (Å²) < 4.78 is 28.6. The summed E-state index contributed by atoms with van der Waals surface area (Å²) in [6.45, 7) is 3.53. The van der Waals surface area contributed by atoms with E-state index >= 15 is 0 Å². The molecule has 3 rings (SSSR count). The summed E-state index contributed by atoms with van der Waals surface area (Å²) in [5.74, 6) is -1.83. The molecule has 0 aliphatic carbocycles. The fourth-order valence-electron chi connectivity index (χ4n) is 2.25. The molecular formula is C18H15ClF2N4OS. The monoisotopic (exact) mass is 408 g/mol. The third-order valence-corrected chi connectivity index (χ3v) is 5.25. The summed E-state index contributed by atoms with van der Waals surface area (Å²) in [6.07, 6.45) is 1.51. The van der Waals surface area contributed by atoms with Crippen LogP contribution in [0.15, 0.2) is 47.9 Å². The Bertz CT molecular complexity index is 995. The van der Waals surface area contributed by atoms with E-state index in [1.807, 2.05) is 19.1 Å². The minimum Gasteiger partial charge on any atom is -0.323 e. The number of carbonyl (C=O) groups excluding carboxylic acids is 1. The first-order chi connectivity index (χ1) is 12.8. The van der Waals surface area contributed by atoms with Gasteiger partial charge in [0, 0.05) is 11.1 Å². The van der Waals surface area contributed by atoms with Crippen LogP contribution in [0, 0.1) is 18.6 Å². The lowest BCUT2D eigenvalue weighted by molar-refractivity contribution is -0.115. The molecule has 2 aromatic carbocycles. The SMILES string of the molecule is Cc1ccc(-n2cnnc2SC(C)C(=O)Nc2cc(F)ccc2F)cc1Cl. The molecule has 0 saturated carbocycles. The van der Waals surface area contributed by atoms with Gasteiger partial charge in [-0.1, -0.05) is 29.4 Å². The zero-order chi connectivity index (χ0) is 19.6. The van der Waals surface area contributed by atoms with Crippen molar-refractivity contribution in [2.24, 2.45) is 0 Å². The molecule has 0 spiro atoms. The average Bonchev–Trinajstić information content (AvgIpc) is 3.08. The Morgan fingerprint density at radius 2 is 2.04 bits per heavy atom. The first-order valence-corrected chi connectivity index (χ1v) is 9.20. The standard InChI is InChI=1S/C18H15ClF2N4OS/c1-10-3-5-13(8-14(10)19)25-9-22-24-18(25)27-11(2)17(26)23-16-7-12(20)4-6-15(16)21/h3-9,11H,1-2H3,(H,23,26). The van der Waals surface area contributed by atoms with Crippen molar-refractivity contribution in [1.82, 2.24) is 14.8 Å². The summed E-state index contributed by atoms with van der Waals surface area (Å²) in [4.78, 5) is 12.3. The first kappa shape index (κ1) is 19.3. The number of nitrogens with zero attached hydrogens (tertiary/aromatic N) is 3. The van der Waals surface area contributed by atoms with Gasteiger partial charge in [-0.3, -0.25) is 9.36 Å². The number of anilines is 1. The van der Waals surface area contributed by atoms with Gasteiger partial charge in [-0.25, -0.2) is 8.78 Å². The van der Waals surface area contributed by atoms with Crippen LogP contribution in [0.4, 0.5) is 14.5 Å². The highest BCUT2D eigenvalue weighted by atomic mass is 35.5. The van der Waals surface area contributed by atoms with E-state index < -0.39 is 22.8 Å². The molecular weight excluding hydrogens is 394 g/mol. The van der Waals surface area contributed by atoms with Crippen molar-refractivity contribution >= 4 is 35.0 Å². The fourth-order valence-corrected chi connectivity index (χ4v) is 3.27. The van der Waals surface area contributed by atoms with Crippen LogP contribution in [0.5, 0.6) is 0 Å². The number of aryl methyl sites for hydroxylation is 1. The number of carbonyl (C=O) groups is 1. The number of thioether (sulfide) groups is 1. The smallest absolute Gasteiger partial charge is 0.237 e. The number of hydrogen-bond donors (Lipinski definition) is 1. The second-order valence-corrected chi connectivity index (χ2v) is 7.51. The van der Waals surface area contributed by atoms with E-state index in [4.69, 9.17) is 11.6 Å². The first-order valence-electron chi connectivity index (χ1n) is 7.94. The molecule has 27 heavy (non-hydrogen) atoms. The highest BCUT2D eigenvalue weighted by Crippen LogP contribution is 2.27. The van der Waals surface area contributed by atoms with Crippen molar-refractivity contribution in [2.75, 3.05) is 5.32 Å². The zero-order valence-corrected chi connectivity index (χ0v) is 16.0. The summed E-state index contributed by atoms with van der Waals surface area (Å²) >= 11 is 7.30. The summed E-state index contributed by atoms with van der Waals surface area (Å²) in [5, 5.41) is 10.7. The molecule has 140 valence electrons. The van der Waals surface area contributed by atoms with Gasteiger partial charge >= 0.3 is 0 Å². The molecule has 1 amide bonds. The van der Waals surface area contributed by atoms with Gasteiger partial charge in [0.15, 0.2) is 5.16 Å². The predicted molar refractivity (Wildman–Crippen MR) is 101 cm³/mol. The lowest BCUT2D eigenvalue weighted by Gasteiger charge is -2.13. The molecule has 0 fully saturated rings. The summed E-state index contributed by atoms with van der Waals surface area (Å²) in [6, 6.07) is 8.38. The Hall–Kier alpha value is -2.45. The Balaban J connectivity index is 1.75. The highest BCUT2D eigenvalue weighted by molar-refractivity contribution is 8.00. The van der Waals surface area contributed by atoms with Crippen LogP contribution in [0.3, 0.4) is 0 Å². The van der Waals surface area contributed by atoms with Gasteiger partial charge in [0.2, 0.25) is 5.91 Å². The van der Waals surface area contributed by atoms with Crippen LogP contribution in [0.2, 0.25) is 5.02 Å². The third-order valence-electron chi connectivity index (χ3n) is 3.79. The molecule has 0 aliphatic rings. The van der Waals surface area contributed by atoms with Crippen LogP contribution >= 0.6 is 23.4 Å². The van der Waals surface area contributed by atoms with Crippen LogP contribution < -0.4 is 5.32 Å². The van der Waals surface area contributed by atoms with Gasteiger partial charge < -0.3 is 5.32 Å². The van der Waals surface area contributed by atoms with Gasteiger partial charge in [-0.2, -0.15) is 0 Å². The largest absolute Gasteiger partial charge is 0.323 e. The minimum absolute atomic E-state index is 0.209. The number of benzene rings is 2. The van der Waals surface area contributed by atoms with E-state index in [1.165, 1.54) is 6.33 Å². The van der Waals surface area contributed by atoms with E-state index in [9.17, 15) is 13.6 Å². The van der Waals surface area contributed by atoms with Crippen molar-refractivity contribution < 1.29 is 13.6 Å². The minimum atomic E-state index is -0.709. The zero-order valence-electron chi connectivity index (χ0n) is 14.4. The third kappa shape index (κ3) is 4.45. The predicted octanol–water partition coefficient (Wildman–Crippen LogP) is 4.63. The van der Waals surface area contributed by atoms with Gasteiger partial charge in [0.1, 0.15) is 18.0 Å². The number of aromatic nitrogens is 3. The number of rotatable bonds is 5. The molecule has 1 heterocycles. The maximum absolute atomic E-state index is 13.7. The van der Waals surface area contributed by atoms with Crippen molar-refractivity contribution in [2.45, 2.75) is 24.3 Å². The Morgan fingerprint density at radius 3 is 2.78 bits per heavy atom. The topological polar surface area (TPSA) is 59.8 Å². The fraction of sp³-hybridized carbons (Fsp3) is 0.167. The van der Waals surface area contributed by atoms with Crippen LogP contribution in [0.25, 0.3) is 5.69 Å². The number of nitrogens with one attached hydrogen (secondary N) is 1. The number of hydrogen-bond acceptors (Lipinski definition) is 4. The molecule has 3 aromatic rings. The lowest BCUT2D eigenvalue weighted by atomic mass is 10.2. The van der Waals surface area contributed by atoms with Crippen LogP contribution in [-0.2, 0) is 4.79 Å². The van der Waals surface area contributed by atoms with Crippen LogP contribution in [-0.4, -0.2) is 25.9 Å². The van der Waals surface area contributed by atoms with Crippen LogP contribution in [0.1, 0.15) is 12.5 Å². The Labute approximate surface area is 163 Å². The van der Waals surface area contributed by atoms with Crippen molar-refractivity contribution in [1.29, 1.82) is 0 Å². The molecule has 9 heteroatoms. The van der Waals surface area contributed by atoms with E-state index in [-0.39, 0.29) is 5.69 Å². The number of amides is 1. The molecule has 1 atom stereocenters. The molecule has 1 unspecified atom stereocenters. The molecule has 0 aliphatic heterocycles. The van der Waals surface area contributed by atoms with Gasteiger partial charge in [-0.15, -0.1) is 10.2 Å². The molecule has 0 bridgehead atoms. The van der Waals surface area contributed by atoms with Crippen molar-refractivity contribution in [3.8, 4) is 5.69 Å². The molecule has 5 nitrogen and oxygen atoms in total. The van der Waals surface area contributed by atoms with Crippen molar-refractivity contribution in [3.63, 3.8) is 0 Å². The maximum atomic E-state index is 13.7. The van der Waals surface area contributed by atoms with E-state index in [2.05, 4.69) is 15.5 Å². The normalized spacial score (nSPS) is 12.0. The molecule has 0 radical (unpaired) electrons. The van der Waals surface area contributed by atoms with E-state index in [0.717, 1.165) is 41.2 Å². The van der Waals surface area contributed by atoms with Gasteiger partial charge in [0.05, 0.1) is 16.6 Å². The Kier molecular flexibility index (Phi) is 5.76. The summed E-state index contributed by atoms with van der Waals surface area (Å²) in [7, 11) is 0. The van der Waals surface area contributed by atoms with E-state index in [1.54, 1.807) is 17.6 Å². The quantitative estimate of drug-likeness (QED) is 0.625. The second kappa shape index (κ2) is 8.06. The van der Waals surface area contributed by atoms with E-state index in [0.29, 0.717) is 10.2 Å². The molecule has 1 aromatic heterocycles. The maximum Gasteiger partial charge on any atom is 0.237 e. The number of halogens is 3. The molecule has 1 N–H and O–H groups in total. The summed E-state index contributed by atoms with van der Waals surface area (Å²) in [5.41, 5.74) is 1.48. The van der Waals surface area contributed by atoms with Gasteiger partial charge in [-0.05, 0) is 43.7 Å².